The van der Waals surface area contributed by atoms with Gasteiger partial charge in [0.25, 0.3) is 0 Å². The predicted octanol–water partition coefficient (Wildman–Crippen LogP) is -1.82. The Morgan fingerprint density at radius 2 is 1.74 bits per heavy atom. The standard InChI is InChI=1S/C15H25NO2.ClH/c1-11(17)18-15-12-5-7-13(15)14(8-6-12)16-9-3-2-4-10-16;/h12-15H,2-10H2,1H3;1H. The zero-order valence-electron chi connectivity index (χ0n) is 11.9. The minimum Gasteiger partial charge on any atom is -1.00 e. The van der Waals surface area contributed by atoms with Gasteiger partial charge in [0, 0.05) is 19.3 Å². The van der Waals surface area contributed by atoms with E-state index in [9.17, 15) is 4.79 Å². The van der Waals surface area contributed by atoms with Gasteiger partial charge in [-0.25, -0.2) is 0 Å². The molecular weight excluding hydrogens is 262 g/mol. The van der Waals surface area contributed by atoms with Crippen molar-refractivity contribution in [2.75, 3.05) is 13.1 Å². The zero-order chi connectivity index (χ0) is 12.5. The van der Waals surface area contributed by atoms with E-state index in [1.807, 2.05) is 4.90 Å². The number of hydrogen-bond donors (Lipinski definition) is 1. The van der Waals surface area contributed by atoms with Crippen LogP contribution in [0.5, 0.6) is 0 Å². The lowest BCUT2D eigenvalue weighted by Gasteiger charge is -2.40. The van der Waals surface area contributed by atoms with Crippen LogP contribution >= 0.6 is 0 Å². The van der Waals surface area contributed by atoms with Crippen LogP contribution in [0.1, 0.15) is 51.9 Å². The second-order valence-corrected chi connectivity index (χ2v) is 6.48. The summed E-state index contributed by atoms with van der Waals surface area (Å²) in [5.74, 6) is 1.24. The van der Waals surface area contributed by atoms with Crippen molar-refractivity contribution >= 4 is 5.97 Å². The third-order valence-corrected chi connectivity index (χ3v) is 5.44. The molecule has 2 aliphatic carbocycles. The van der Waals surface area contributed by atoms with Crippen LogP contribution in [0.2, 0.25) is 0 Å². The number of fused-ring (bicyclic) bond motifs is 2. The minimum absolute atomic E-state index is 0. The SMILES string of the molecule is CC(=O)OC1C2CCC1C([NH+]1CCCCC1)CC2.[Cl-]. The van der Waals surface area contributed by atoms with E-state index in [4.69, 9.17) is 4.74 Å². The molecule has 3 aliphatic rings. The number of likely N-dealkylation sites (tertiary alicyclic amines) is 1. The van der Waals surface area contributed by atoms with E-state index in [1.165, 1.54) is 58.0 Å². The first-order chi connectivity index (χ1) is 8.75. The Kier molecular flexibility index (Phi) is 5.13. The summed E-state index contributed by atoms with van der Waals surface area (Å²) in [4.78, 5) is 13.1. The van der Waals surface area contributed by atoms with Gasteiger partial charge in [0.1, 0.15) is 6.10 Å². The van der Waals surface area contributed by atoms with Crippen LogP contribution < -0.4 is 17.3 Å². The summed E-state index contributed by atoms with van der Waals surface area (Å²) in [6.07, 6.45) is 9.65. The quantitative estimate of drug-likeness (QED) is 0.607. The molecule has 3 rings (SSSR count). The number of nitrogens with one attached hydrogen (secondary N) is 1. The lowest BCUT2D eigenvalue weighted by Crippen LogP contribution is -3.17. The molecule has 0 radical (unpaired) electrons. The maximum atomic E-state index is 11.3. The molecule has 2 saturated carbocycles. The van der Waals surface area contributed by atoms with Crippen LogP contribution in [0.4, 0.5) is 0 Å². The van der Waals surface area contributed by atoms with E-state index >= 15 is 0 Å². The molecule has 1 aliphatic heterocycles. The van der Waals surface area contributed by atoms with Crippen LogP contribution in [0.3, 0.4) is 0 Å². The van der Waals surface area contributed by atoms with E-state index in [0.29, 0.717) is 11.8 Å². The molecule has 3 fully saturated rings. The largest absolute Gasteiger partial charge is 1.00 e. The van der Waals surface area contributed by atoms with Crippen molar-refractivity contribution in [3.63, 3.8) is 0 Å². The van der Waals surface area contributed by atoms with Crippen molar-refractivity contribution < 1.29 is 26.8 Å². The van der Waals surface area contributed by atoms with Crippen molar-refractivity contribution in [3.05, 3.63) is 0 Å². The molecule has 0 aromatic carbocycles. The van der Waals surface area contributed by atoms with Crippen LogP contribution in [0, 0.1) is 11.8 Å². The topological polar surface area (TPSA) is 30.7 Å². The minimum atomic E-state index is -0.0776. The second-order valence-electron chi connectivity index (χ2n) is 6.48. The normalized spacial score (nSPS) is 38.6. The van der Waals surface area contributed by atoms with Crippen molar-refractivity contribution in [1.29, 1.82) is 0 Å². The number of quaternary nitrogens is 1. The molecule has 2 bridgehead atoms. The highest BCUT2D eigenvalue weighted by Gasteiger charge is 2.50. The van der Waals surface area contributed by atoms with Gasteiger partial charge in [-0.2, -0.15) is 0 Å². The molecular formula is C15H26ClNO2. The molecule has 0 aromatic heterocycles. The first-order valence-corrected chi connectivity index (χ1v) is 7.77. The van der Waals surface area contributed by atoms with Gasteiger partial charge < -0.3 is 22.0 Å². The summed E-state index contributed by atoms with van der Waals surface area (Å²) in [5.41, 5.74) is 0. The maximum Gasteiger partial charge on any atom is 0.302 e. The first-order valence-electron chi connectivity index (χ1n) is 7.77. The highest BCUT2D eigenvalue weighted by atomic mass is 35.5. The third-order valence-electron chi connectivity index (χ3n) is 5.44. The predicted molar refractivity (Wildman–Crippen MR) is 69.3 cm³/mol. The van der Waals surface area contributed by atoms with Crippen LogP contribution in [0.25, 0.3) is 0 Å². The molecule has 1 heterocycles. The van der Waals surface area contributed by atoms with E-state index in [-0.39, 0.29) is 24.5 Å². The van der Waals surface area contributed by atoms with Gasteiger partial charge in [-0.1, -0.05) is 0 Å². The van der Waals surface area contributed by atoms with Crippen LogP contribution in [-0.2, 0) is 9.53 Å². The van der Waals surface area contributed by atoms with Gasteiger partial charge in [-0.15, -0.1) is 0 Å². The summed E-state index contributed by atoms with van der Waals surface area (Å²) in [6.45, 7) is 4.26. The Labute approximate surface area is 122 Å². The number of carbonyl (C=O) groups excluding carboxylic acids is 1. The molecule has 1 N–H and O–H groups in total. The third kappa shape index (κ3) is 3.08. The fourth-order valence-corrected chi connectivity index (χ4v) is 4.69. The molecule has 19 heavy (non-hydrogen) atoms. The van der Waals surface area contributed by atoms with E-state index in [2.05, 4.69) is 0 Å². The van der Waals surface area contributed by atoms with Crippen molar-refractivity contribution in [1.82, 2.24) is 0 Å². The van der Waals surface area contributed by atoms with Gasteiger partial charge in [-0.05, 0) is 44.4 Å². The number of rotatable bonds is 2. The average Bonchev–Trinajstić information content (AvgIpc) is 2.62. The first kappa shape index (κ1) is 15.1. The van der Waals surface area contributed by atoms with Crippen LogP contribution in [-0.4, -0.2) is 31.2 Å². The average molecular weight is 288 g/mol. The Hall–Kier alpha value is -0.280. The smallest absolute Gasteiger partial charge is 0.302 e. The van der Waals surface area contributed by atoms with E-state index < -0.39 is 0 Å². The number of piperidine rings is 1. The lowest BCUT2D eigenvalue weighted by molar-refractivity contribution is -0.935. The molecule has 4 heteroatoms. The molecule has 0 amide bonds. The molecule has 0 aromatic rings. The number of ether oxygens (including phenoxy) is 1. The summed E-state index contributed by atoms with van der Waals surface area (Å²) in [5, 5.41) is 0. The Morgan fingerprint density at radius 1 is 1.05 bits per heavy atom. The van der Waals surface area contributed by atoms with E-state index in [0.717, 1.165) is 6.04 Å². The number of hydrogen-bond acceptors (Lipinski definition) is 2. The van der Waals surface area contributed by atoms with Gasteiger partial charge in [0.05, 0.1) is 19.1 Å². The van der Waals surface area contributed by atoms with Gasteiger partial charge >= 0.3 is 5.97 Å². The van der Waals surface area contributed by atoms with Crippen molar-refractivity contribution in [3.8, 4) is 0 Å². The molecule has 3 nitrogen and oxygen atoms in total. The number of halogens is 1. The second kappa shape index (κ2) is 6.45. The monoisotopic (exact) mass is 287 g/mol. The fourth-order valence-electron chi connectivity index (χ4n) is 4.69. The van der Waals surface area contributed by atoms with E-state index in [1.54, 1.807) is 6.92 Å². The summed E-state index contributed by atoms with van der Waals surface area (Å²) < 4.78 is 5.65. The molecule has 4 unspecified atom stereocenters. The summed E-state index contributed by atoms with van der Waals surface area (Å²) >= 11 is 0. The Bertz CT molecular complexity index is 317. The zero-order valence-corrected chi connectivity index (χ0v) is 12.6. The number of carbonyl (C=O) groups is 1. The molecule has 110 valence electrons. The van der Waals surface area contributed by atoms with Crippen molar-refractivity contribution in [2.45, 2.75) is 64.0 Å². The van der Waals surface area contributed by atoms with Gasteiger partial charge in [0.15, 0.2) is 0 Å². The Balaban J connectivity index is 0.00000133. The highest BCUT2D eigenvalue weighted by molar-refractivity contribution is 5.66. The maximum absolute atomic E-state index is 11.3. The Morgan fingerprint density at radius 3 is 2.42 bits per heavy atom. The summed E-state index contributed by atoms with van der Waals surface area (Å²) in [7, 11) is 0. The number of esters is 1. The fraction of sp³-hybridized carbons (Fsp3) is 0.933. The van der Waals surface area contributed by atoms with Crippen molar-refractivity contribution in [2.24, 2.45) is 11.8 Å². The van der Waals surface area contributed by atoms with Gasteiger partial charge in [-0.3, -0.25) is 4.79 Å². The molecule has 0 spiro atoms. The lowest BCUT2D eigenvalue weighted by atomic mass is 9.80. The van der Waals surface area contributed by atoms with Crippen LogP contribution in [0.15, 0.2) is 0 Å². The van der Waals surface area contributed by atoms with Gasteiger partial charge in [0.2, 0.25) is 0 Å². The molecule has 4 atom stereocenters. The highest BCUT2D eigenvalue weighted by Crippen LogP contribution is 2.43. The summed E-state index contributed by atoms with van der Waals surface area (Å²) in [6, 6.07) is 0.772. The molecule has 1 saturated heterocycles.